The number of methoxy groups -OCH3 is 1. The zero-order valence-corrected chi connectivity index (χ0v) is 16.6. The molecular weight excluding hydrogens is 366 g/mol. The van der Waals surface area contributed by atoms with Crippen LogP contribution in [0.2, 0.25) is 0 Å². The summed E-state index contributed by atoms with van der Waals surface area (Å²) < 4.78 is 5.30. The summed E-state index contributed by atoms with van der Waals surface area (Å²) in [6, 6.07) is 16.7. The second-order valence-electron chi connectivity index (χ2n) is 7.51. The molecule has 0 saturated heterocycles. The molecule has 0 atom stereocenters. The lowest BCUT2D eigenvalue weighted by Crippen LogP contribution is -2.51. The topological polar surface area (TPSA) is 71.0 Å². The van der Waals surface area contributed by atoms with Gasteiger partial charge < -0.3 is 15.0 Å². The minimum atomic E-state index is -0.612. The number of aliphatic imine (C=N–C) groups is 1. The minimum Gasteiger partial charge on any atom is -0.495 e. The minimum absolute atomic E-state index is 0.0310. The first-order chi connectivity index (χ1) is 14.1. The third kappa shape index (κ3) is 3.75. The van der Waals surface area contributed by atoms with E-state index in [9.17, 15) is 9.59 Å². The van der Waals surface area contributed by atoms with E-state index in [0.717, 1.165) is 37.7 Å². The van der Waals surface area contributed by atoms with Gasteiger partial charge in [0.15, 0.2) is 0 Å². The molecule has 1 fully saturated rings. The number of rotatable bonds is 5. The predicted molar refractivity (Wildman–Crippen MR) is 112 cm³/mol. The average molecular weight is 391 g/mol. The van der Waals surface area contributed by atoms with Gasteiger partial charge in [0.05, 0.1) is 12.8 Å². The van der Waals surface area contributed by atoms with Crippen molar-refractivity contribution >= 4 is 23.2 Å². The summed E-state index contributed by atoms with van der Waals surface area (Å²) in [5.41, 5.74) is 1.24. The lowest BCUT2D eigenvalue weighted by Gasteiger charge is -2.38. The van der Waals surface area contributed by atoms with E-state index < -0.39 is 5.66 Å². The van der Waals surface area contributed by atoms with Crippen LogP contribution in [-0.4, -0.2) is 41.7 Å². The highest BCUT2D eigenvalue weighted by Gasteiger charge is 2.48. The zero-order chi connectivity index (χ0) is 20.3. The molecule has 150 valence electrons. The summed E-state index contributed by atoms with van der Waals surface area (Å²) in [6.45, 7) is -0.0310. The molecule has 2 aliphatic rings. The van der Waals surface area contributed by atoms with Gasteiger partial charge in [-0.15, -0.1) is 0 Å². The number of carbonyl (C=O) groups is 2. The largest absolute Gasteiger partial charge is 0.495 e. The van der Waals surface area contributed by atoms with E-state index in [-0.39, 0.29) is 18.4 Å². The first-order valence-corrected chi connectivity index (χ1v) is 10.0. The molecule has 2 aromatic rings. The van der Waals surface area contributed by atoms with Crippen molar-refractivity contribution in [2.45, 2.75) is 37.8 Å². The third-order valence-electron chi connectivity index (χ3n) is 5.65. The van der Waals surface area contributed by atoms with Crippen LogP contribution >= 0.6 is 0 Å². The Labute approximate surface area is 170 Å². The molecule has 1 spiro atoms. The number of amides is 2. The van der Waals surface area contributed by atoms with Crippen molar-refractivity contribution in [3.05, 3.63) is 60.2 Å². The van der Waals surface area contributed by atoms with Crippen molar-refractivity contribution in [2.75, 3.05) is 19.0 Å². The van der Waals surface area contributed by atoms with Crippen LogP contribution in [-0.2, 0) is 9.59 Å². The van der Waals surface area contributed by atoms with Crippen molar-refractivity contribution < 1.29 is 14.3 Å². The summed E-state index contributed by atoms with van der Waals surface area (Å²) in [5, 5.41) is 2.88. The number of hydrogen-bond donors (Lipinski definition) is 1. The standard InChI is InChI=1S/C23H25N3O3/c1-29-19-13-7-6-12-18(19)24-20(27)16-26-22(28)21(17-10-4-2-5-11-17)25-23(26)14-8-3-9-15-23/h2,4-7,10-13H,3,8-9,14-16H2,1H3,(H,24,27). The number of anilines is 1. The molecule has 2 amide bonds. The van der Waals surface area contributed by atoms with Crippen LogP contribution < -0.4 is 10.1 Å². The number of benzene rings is 2. The maximum atomic E-state index is 13.3. The fourth-order valence-electron chi connectivity index (χ4n) is 4.22. The van der Waals surface area contributed by atoms with E-state index in [2.05, 4.69) is 5.32 Å². The Balaban J connectivity index is 1.58. The number of para-hydroxylation sites is 2. The van der Waals surface area contributed by atoms with Gasteiger partial charge in [-0.05, 0) is 37.8 Å². The SMILES string of the molecule is COc1ccccc1NC(=O)CN1C(=O)C(c2ccccc2)=NC12CCCCC2. The van der Waals surface area contributed by atoms with Crippen LogP contribution in [0, 0.1) is 0 Å². The molecule has 0 bridgehead atoms. The van der Waals surface area contributed by atoms with Gasteiger partial charge >= 0.3 is 0 Å². The fraction of sp³-hybridized carbons (Fsp3) is 0.348. The average Bonchev–Trinajstić information content (AvgIpc) is 3.01. The van der Waals surface area contributed by atoms with Crippen LogP contribution in [0.25, 0.3) is 0 Å². The highest BCUT2D eigenvalue weighted by Crippen LogP contribution is 2.39. The van der Waals surface area contributed by atoms with Crippen LogP contribution in [0.4, 0.5) is 5.69 Å². The monoisotopic (exact) mass is 391 g/mol. The molecule has 0 aromatic heterocycles. The van der Waals surface area contributed by atoms with Gasteiger partial charge in [0, 0.05) is 5.56 Å². The Hall–Kier alpha value is -3.15. The molecule has 1 aliphatic carbocycles. The summed E-state index contributed by atoms with van der Waals surface area (Å²) >= 11 is 0. The first kappa shape index (κ1) is 19.2. The molecule has 4 rings (SSSR count). The Morgan fingerprint density at radius 1 is 1.07 bits per heavy atom. The van der Waals surface area contributed by atoms with Crippen LogP contribution in [0.15, 0.2) is 59.6 Å². The quantitative estimate of drug-likeness (QED) is 0.846. The molecular formula is C23H25N3O3. The van der Waals surface area contributed by atoms with E-state index in [1.54, 1.807) is 24.1 Å². The fourth-order valence-corrected chi connectivity index (χ4v) is 4.22. The van der Waals surface area contributed by atoms with Crippen LogP contribution in [0.1, 0.15) is 37.7 Å². The summed E-state index contributed by atoms with van der Waals surface area (Å²) in [4.78, 5) is 32.7. The van der Waals surface area contributed by atoms with E-state index in [0.29, 0.717) is 17.1 Å². The van der Waals surface area contributed by atoms with Crippen molar-refractivity contribution in [1.82, 2.24) is 4.90 Å². The number of hydrogen-bond acceptors (Lipinski definition) is 4. The smallest absolute Gasteiger partial charge is 0.275 e. The van der Waals surface area contributed by atoms with E-state index in [4.69, 9.17) is 9.73 Å². The highest BCUT2D eigenvalue weighted by atomic mass is 16.5. The molecule has 1 heterocycles. The number of nitrogens with one attached hydrogen (secondary N) is 1. The van der Waals surface area contributed by atoms with Gasteiger partial charge in [-0.2, -0.15) is 0 Å². The van der Waals surface area contributed by atoms with Gasteiger partial charge in [0.25, 0.3) is 5.91 Å². The lowest BCUT2D eigenvalue weighted by atomic mass is 9.88. The van der Waals surface area contributed by atoms with E-state index in [1.807, 2.05) is 42.5 Å². The van der Waals surface area contributed by atoms with E-state index in [1.165, 1.54) is 0 Å². The van der Waals surface area contributed by atoms with Gasteiger partial charge in [-0.1, -0.05) is 48.9 Å². The molecule has 1 aliphatic heterocycles. The zero-order valence-electron chi connectivity index (χ0n) is 16.6. The summed E-state index contributed by atoms with van der Waals surface area (Å²) in [5.74, 6) is 0.160. The molecule has 1 N–H and O–H groups in total. The van der Waals surface area contributed by atoms with Gasteiger partial charge in [-0.3, -0.25) is 14.6 Å². The highest BCUT2D eigenvalue weighted by molar-refractivity contribution is 6.47. The molecule has 2 aromatic carbocycles. The molecule has 6 heteroatoms. The molecule has 0 unspecified atom stereocenters. The Bertz CT molecular complexity index is 933. The number of nitrogens with zero attached hydrogens (tertiary/aromatic N) is 2. The lowest BCUT2D eigenvalue weighted by molar-refractivity contribution is -0.134. The third-order valence-corrected chi connectivity index (χ3v) is 5.65. The second kappa shape index (κ2) is 8.07. The van der Waals surface area contributed by atoms with Gasteiger partial charge in [0.1, 0.15) is 23.7 Å². The normalized spacial score (nSPS) is 17.9. The number of ether oxygens (including phenoxy) is 1. The molecule has 1 saturated carbocycles. The molecule has 6 nitrogen and oxygen atoms in total. The van der Waals surface area contributed by atoms with E-state index >= 15 is 0 Å². The van der Waals surface area contributed by atoms with Crippen molar-refractivity contribution in [1.29, 1.82) is 0 Å². The van der Waals surface area contributed by atoms with Gasteiger partial charge in [-0.25, -0.2) is 0 Å². The Morgan fingerprint density at radius 2 is 1.76 bits per heavy atom. The Morgan fingerprint density at radius 3 is 2.48 bits per heavy atom. The molecule has 0 radical (unpaired) electrons. The molecule has 29 heavy (non-hydrogen) atoms. The van der Waals surface area contributed by atoms with Crippen molar-refractivity contribution in [2.24, 2.45) is 4.99 Å². The maximum Gasteiger partial charge on any atom is 0.275 e. The summed E-state index contributed by atoms with van der Waals surface area (Å²) in [6.07, 6.45) is 4.72. The summed E-state index contributed by atoms with van der Waals surface area (Å²) in [7, 11) is 1.56. The van der Waals surface area contributed by atoms with Crippen LogP contribution in [0.5, 0.6) is 5.75 Å². The van der Waals surface area contributed by atoms with Crippen molar-refractivity contribution in [3.8, 4) is 5.75 Å². The van der Waals surface area contributed by atoms with Crippen molar-refractivity contribution in [3.63, 3.8) is 0 Å². The maximum absolute atomic E-state index is 13.3. The predicted octanol–water partition coefficient (Wildman–Crippen LogP) is 3.63. The van der Waals surface area contributed by atoms with Crippen LogP contribution in [0.3, 0.4) is 0 Å². The number of carbonyl (C=O) groups excluding carboxylic acids is 2. The Kier molecular flexibility index (Phi) is 5.34. The van der Waals surface area contributed by atoms with Gasteiger partial charge in [0.2, 0.25) is 5.91 Å². The second-order valence-corrected chi connectivity index (χ2v) is 7.51. The first-order valence-electron chi connectivity index (χ1n) is 10.0.